The predicted octanol–water partition coefficient (Wildman–Crippen LogP) is 4.69. The van der Waals surface area contributed by atoms with Crippen molar-refractivity contribution in [2.24, 2.45) is 7.05 Å². The maximum Gasteiger partial charge on any atom is 0.191 e. The van der Waals surface area contributed by atoms with Gasteiger partial charge in [0, 0.05) is 12.8 Å². The van der Waals surface area contributed by atoms with Gasteiger partial charge in [-0.1, -0.05) is 42.1 Å². The van der Waals surface area contributed by atoms with Crippen LogP contribution in [0.3, 0.4) is 0 Å². The van der Waals surface area contributed by atoms with Gasteiger partial charge in [-0.05, 0) is 43.2 Å². The lowest BCUT2D eigenvalue weighted by molar-refractivity contribution is 0.211. The molecule has 6 heteroatoms. The molecule has 1 atom stereocenters. The number of aromatic nitrogens is 3. The Labute approximate surface area is 151 Å². The first-order chi connectivity index (χ1) is 12.0. The lowest BCUT2D eigenvalue weighted by Gasteiger charge is -2.14. The number of hydrogen-bond acceptors (Lipinski definition) is 4. The zero-order valence-electron chi connectivity index (χ0n) is 14.4. The molecule has 0 N–H and O–H groups in total. The highest BCUT2D eigenvalue weighted by Crippen LogP contribution is 2.26. The van der Waals surface area contributed by atoms with Gasteiger partial charge in [0.15, 0.2) is 17.1 Å². The number of benzene rings is 2. The molecule has 0 radical (unpaired) electrons. The summed E-state index contributed by atoms with van der Waals surface area (Å²) < 4.78 is 21.6. The molecule has 1 heterocycles. The molecule has 0 aliphatic carbocycles. The Kier molecular flexibility index (Phi) is 5.38. The van der Waals surface area contributed by atoms with Crippen molar-refractivity contribution in [2.75, 3.05) is 0 Å². The van der Waals surface area contributed by atoms with E-state index in [0.29, 0.717) is 11.3 Å². The van der Waals surface area contributed by atoms with Crippen LogP contribution in [0, 0.1) is 12.7 Å². The van der Waals surface area contributed by atoms with E-state index in [0.717, 1.165) is 22.3 Å². The van der Waals surface area contributed by atoms with Crippen LogP contribution >= 0.6 is 11.8 Å². The first-order valence-electron chi connectivity index (χ1n) is 8.03. The lowest BCUT2D eigenvalue weighted by Crippen LogP contribution is -2.10. The number of thioether (sulfide) groups is 1. The van der Waals surface area contributed by atoms with E-state index in [1.165, 1.54) is 17.8 Å². The van der Waals surface area contributed by atoms with Gasteiger partial charge in [-0.2, -0.15) is 0 Å². The molecule has 0 amide bonds. The van der Waals surface area contributed by atoms with E-state index in [9.17, 15) is 4.39 Å². The fourth-order valence-electron chi connectivity index (χ4n) is 2.51. The van der Waals surface area contributed by atoms with Gasteiger partial charge < -0.3 is 9.30 Å². The van der Waals surface area contributed by atoms with Crippen LogP contribution in [-0.2, 0) is 12.8 Å². The van der Waals surface area contributed by atoms with Crippen molar-refractivity contribution in [2.45, 2.75) is 30.9 Å². The first-order valence-corrected chi connectivity index (χ1v) is 9.02. The molecule has 2 aromatic carbocycles. The second kappa shape index (κ2) is 7.70. The molecule has 0 aliphatic heterocycles. The molecule has 3 rings (SSSR count). The van der Waals surface area contributed by atoms with E-state index < -0.39 is 0 Å². The van der Waals surface area contributed by atoms with Crippen molar-refractivity contribution >= 4 is 11.8 Å². The van der Waals surface area contributed by atoms with Crippen molar-refractivity contribution in [3.63, 3.8) is 0 Å². The summed E-state index contributed by atoms with van der Waals surface area (Å²) in [6.45, 7) is 3.97. The second-order valence-electron chi connectivity index (χ2n) is 5.86. The highest BCUT2D eigenvalue weighted by atomic mass is 32.2. The third kappa shape index (κ3) is 4.20. The van der Waals surface area contributed by atoms with Gasteiger partial charge in [0.25, 0.3) is 0 Å². The van der Waals surface area contributed by atoms with E-state index >= 15 is 0 Å². The SMILES string of the molecule is Cc1cccc(OC(C)c2nnc(SCc3ccccc3F)n2C)c1. The molecule has 0 saturated heterocycles. The van der Waals surface area contributed by atoms with E-state index in [1.54, 1.807) is 12.1 Å². The Morgan fingerprint density at radius 3 is 2.72 bits per heavy atom. The van der Waals surface area contributed by atoms with Gasteiger partial charge in [0.2, 0.25) is 0 Å². The van der Waals surface area contributed by atoms with Gasteiger partial charge in [0.1, 0.15) is 11.6 Å². The minimum absolute atomic E-state index is 0.200. The highest BCUT2D eigenvalue weighted by Gasteiger charge is 2.17. The lowest BCUT2D eigenvalue weighted by atomic mass is 10.2. The van der Waals surface area contributed by atoms with Gasteiger partial charge in [-0.25, -0.2) is 4.39 Å². The monoisotopic (exact) mass is 357 g/mol. The summed E-state index contributed by atoms with van der Waals surface area (Å²) in [5.41, 5.74) is 1.80. The summed E-state index contributed by atoms with van der Waals surface area (Å²) in [7, 11) is 1.90. The summed E-state index contributed by atoms with van der Waals surface area (Å²) in [4.78, 5) is 0. The van der Waals surface area contributed by atoms with Crippen molar-refractivity contribution in [3.05, 3.63) is 71.3 Å². The van der Waals surface area contributed by atoms with Crippen LogP contribution in [0.5, 0.6) is 5.75 Å². The molecule has 1 aromatic heterocycles. The van der Waals surface area contributed by atoms with Crippen molar-refractivity contribution in [1.29, 1.82) is 0 Å². The van der Waals surface area contributed by atoms with E-state index in [4.69, 9.17) is 4.74 Å². The zero-order chi connectivity index (χ0) is 17.8. The number of aryl methyl sites for hydroxylation is 1. The molecule has 0 aliphatic rings. The van der Waals surface area contributed by atoms with E-state index in [1.807, 2.05) is 55.8 Å². The Balaban J connectivity index is 1.69. The average molecular weight is 357 g/mol. The number of nitrogens with zero attached hydrogens (tertiary/aromatic N) is 3. The zero-order valence-corrected chi connectivity index (χ0v) is 15.3. The quantitative estimate of drug-likeness (QED) is 0.600. The van der Waals surface area contributed by atoms with Crippen LogP contribution in [0.1, 0.15) is 30.0 Å². The van der Waals surface area contributed by atoms with Gasteiger partial charge in [0.05, 0.1) is 0 Å². The van der Waals surface area contributed by atoms with Crippen molar-refractivity contribution in [3.8, 4) is 5.75 Å². The molecule has 130 valence electrons. The number of hydrogen-bond donors (Lipinski definition) is 0. The second-order valence-corrected chi connectivity index (χ2v) is 6.80. The van der Waals surface area contributed by atoms with E-state index in [2.05, 4.69) is 10.2 Å². The molecule has 1 unspecified atom stereocenters. The smallest absolute Gasteiger partial charge is 0.191 e. The van der Waals surface area contributed by atoms with Crippen LogP contribution < -0.4 is 4.74 Å². The summed E-state index contributed by atoms with van der Waals surface area (Å²) in [5.74, 6) is 1.84. The number of halogens is 1. The predicted molar refractivity (Wildman–Crippen MR) is 97.2 cm³/mol. The van der Waals surface area contributed by atoms with Gasteiger partial charge >= 0.3 is 0 Å². The molecule has 0 fully saturated rings. The standard InChI is InChI=1S/C19H20FN3OS/c1-13-7-6-9-16(11-13)24-14(2)18-21-22-19(23(18)3)25-12-15-8-4-5-10-17(15)20/h4-11,14H,12H2,1-3H3. The van der Waals surface area contributed by atoms with Crippen LogP contribution in [-0.4, -0.2) is 14.8 Å². The molecule has 4 nitrogen and oxygen atoms in total. The van der Waals surface area contributed by atoms with Crippen LogP contribution in [0.25, 0.3) is 0 Å². The fraction of sp³-hybridized carbons (Fsp3) is 0.263. The summed E-state index contributed by atoms with van der Waals surface area (Å²) in [5, 5.41) is 9.19. The summed E-state index contributed by atoms with van der Waals surface area (Å²) in [6, 6.07) is 14.7. The topological polar surface area (TPSA) is 39.9 Å². The minimum Gasteiger partial charge on any atom is -0.483 e. The number of ether oxygens (including phenoxy) is 1. The maximum absolute atomic E-state index is 13.7. The molecule has 0 bridgehead atoms. The molecule has 25 heavy (non-hydrogen) atoms. The fourth-order valence-corrected chi connectivity index (χ4v) is 3.41. The van der Waals surface area contributed by atoms with Gasteiger partial charge in [-0.15, -0.1) is 10.2 Å². The maximum atomic E-state index is 13.7. The summed E-state index contributed by atoms with van der Waals surface area (Å²) in [6.07, 6.45) is -0.234. The normalized spacial score (nSPS) is 12.2. The molecular weight excluding hydrogens is 337 g/mol. The highest BCUT2D eigenvalue weighted by molar-refractivity contribution is 7.98. The van der Waals surface area contributed by atoms with Crippen LogP contribution in [0.15, 0.2) is 53.7 Å². The Hall–Kier alpha value is -2.34. The van der Waals surface area contributed by atoms with Crippen molar-refractivity contribution < 1.29 is 9.13 Å². The minimum atomic E-state index is -0.234. The Morgan fingerprint density at radius 2 is 1.96 bits per heavy atom. The van der Waals surface area contributed by atoms with Gasteiger partial charge in [-0.3, -0.25) is 0 Å². The van der Waals surface area contributed by atoms with E-state index in [-0.39, 0.29) is 11.9 Å². The Morgan fingerprint density at radius 1 is 1.16 bits per heavy atom. The largest absolute Gasteiger partial charge is 0.483 e. The Bertz CT molecular complexity index is 865. The third-order valence-electron chi connectivity index (χ3n) is 3.85. The molecule has 0 saturated carbocycles. The molecule has 3 aromatic rings. The van der Waals surface area contributed by atoms with Crippen LogP contribution in [0.2, 0.25) is 0 Å². The van der Waals surface area contributed by atoms with Crippen molar-refractivity contribution in [1.82, 2.24) is 14.8 Å². The summed E-state index contributed by atoms with van der Waals surface area (Å²) >= 11 is 1.46. The van der Waals surface area contributed by atoms with Crippen LogP contribution in [0.4, 0.5) is 4.39 Å². The average Bonchev–Trinajstić information content (AvgIpc) is 2.95. The molecular formula is C19H20FN3OS. The molecule has 0 spiro atoms. The third-order valence-corrected chi connectivity index (χ3v) is 4.92. The first kappa shape index (κ1) is 17.5. The number of rotatable bonds is 6.